The Morgan fingerprint density at radius 2 is 0.337 bits per heavy atom. The molecule has 0 bridgehead atoms. The predicted molar refractivity (Wildman–Crippen MR) is 442 cm³/mol. The third kappa shape index (κ3) is 10.9. The largest absolute Gasteiger partial charge is 0.309 e. The van der Waals surface area contributed by atoms with Gasteiger partial charge in [-0.05, 0) is 216 Å². The Hall–Kier alpha value is -13.3. The van der Waals surface area contributed by atoms with Crippen LogP contribution in [0.2, 0.25) is 0 Å². The fourth-order valence-electron chi connectivity index (χ4n) is 16.1. The van der Waals surface area contributed by atoms with Crippen LogP contribution >= 0.6 is 0 Å². The lowest BCUT2D eigenvalue weighted by Crippen LogP contribution is -1.94. The maximum Gasteiger partial charge on any atom is 0.0541 e. The highest BCUT2D eigenvalue weighted by Crippen LogP contribution is 2.42. The lowest BCUT2D eigenvalue weighted by molar-refractivity contribution is 1.18. The molecule has 492 valence electrons. The molecule has 4 aromatic heterocycles. The summed E-state index contributed by atoms with van der Waals surface area (Å²) < 4.78 is 9.59. The SMILES string of the molecule is Cc1ccc(-c2ccc(-n3c4ccccc4c4cc(-c5ccc6c(c5)c5ccccc5n6-c5ccc(-c6ccc(C)cc6)cc5)ccc43)cc2)cc1.Cc1cccc(-c2ccc(-n3c4ccccc4c4cc(-c5ccc6c(c5)c5ccccc5n6-c5ccc(-c6cccc(C)c6)cc5)ccc43)cc2)c1. The van der Waals surface area contributed by atoms with Gasteiger partial charge in [-0.25, -0.2) is 0 Å². The number of nitrogens with zero attached hydrogens (tertiary/aromatic N) is 4. The highest BCUT2D eigenvalue weighted by molar-refractivity contribution is 6.15. The molecule has 0 aliphatic heterocycles. The highest BCUT2D eigenvalue weighted by atomic mass is 15.0. The van der Waals surface area contributed by atoms with Gasteiger partial charge in [-0.2, -0.15) is 0 Å². The van der Waals surface area contributed by atoms with Gasteiger partial charge in [-0.1, -0.05) is 265 Å². The molecule has 0 aliphatic rings. The molecule has 20 aromatic rings. The van der Waals surface area contributed by atoms with E-state index in [1.54, 1.807) is 0 Å². The van der Waals surface area contributed by atoms with Crippen molar-refractivity contribution in [3.8, 4) is 89.5 Å². The van der Waals surface area contributed by atoms with Crippen molar-refractivity contribution >= 4 is 87.2 Å². The number of fused-ring (bicyclic) bond motifs is 12. The van der Waals surface area contributed by atoms with Crippen molar-refractivity contribution in [3.05, 3.63) is 386 Å². The van der Waals surface area contributed by atoms with E-state index in [1.807, 2.05) is 0 Å². The third-order valence-electron chi connectivity index (χ3n) is 21.3. The van der Waals surface area contributed by atoms with E-state index in [0.29, 0.717) is 0 Å². The summed E-state index contributed by atoms with van der Waals surface area (Å²) in [5, 5.41) is 10.1. The van der Waals surface area contributed by atoms with Gasteiger partial charge in [0.25, 0.3) is 0 Å². The Morgan fingerprint density at radius 3 is 0.587 bits per heavy atom. The van der Waals surface area contributed by atoms with E-state index in [9.17, 15) is 0 Å². The molecule has 0 aliphatic carbocycles. The fraction of sp³-hybridized carbons (Fsp3) is 0.0400. The molecule has 104 heavy (non-hydrogen) atoms. The molecule has 16 aromatic carbocycles. The predicted octanol–water partition coefficient (Wildman–Crippen LogP) is 27.0. The average molecular weight is 1330 g/mol. The molecule has 4 heterocycles. The van der Waals surface area contributed by atoms with Gasteiger partial charge in [-0.3, -0.25) is 0 Å². The second kappa shape index (κ2) is 25.4. The molecule has 4 nitrogen and oxygen atoms in total. The molecule has 4 heteroatoms. The number of hydrogen-bond donors (Lipinski definition) is 0. The summed E-state index contributed by atoms with van der Waals surface area (Å²) in [6.07, 6.45) is 0. The summed E-state index contributed by atoms with van der Waals surface area (Å²) in [5.41, 5.74) is 34.2. The number of benzene rings is 16. The Morgan fingerprint density at radius 1 is 0.135 bits per heavy atom. The zero-order chi connectivity index (χ0) is 69.5. The molecule has 0 radical (unpaired) electrons. The Kier molecular flexibility index (Phi) is 15.1. The van der Waals surface area contributed by atoms with Gasteiger partial charge >= 0.3 is 0 Å². The van der Waals surface area contributed by atoms with Crippen molar-refractivity contribution in [1.29, 1.82) is 0 Å². The van der Waals surface area contributed by atoms with Gasteiger partial charge in [0.1, 0.15) is 0 Å². The fourth-order valence-corrected chi connectivity index (χ4v) is 16.1. The molecule has 0 saturated carbocycles. The van der Waals surface area contributed by atoms with E-state index < -0.39 is 0 Å². The lowest BCUT2D eigenvalue weighted by Gasteiger charge is -2.11. The van der Waals surface area contributed by atoms with Gasteiger partial charge in [0.05, 0.1) is 44.1 Å². The van der Waals surface area contributed by atoms with Crippen LogP contribution in [0.4, 0.5) is 0 Å². The molecule has 0 atom stereocenters. The smallest absolute Gasteiger partial charge is 0.0541 e. The number of rotatable bonds is 10. The van der Waals surface area contributed by atoms with Crippen molar-refractivity contribution in [2.45, 2.75) is 27.7 Å². The maximum atomic E-state index is 2.40. The molecule has 0 saturated heterocycles. The number of para-hydroxylation sites is 4. The minimum Gasteiger partial charge on any atom is -0.309 e. The van der Waals surface area contributed by atoms with Crippen LogP contribution in [0.15, 0.2) is 364 Å². The monoisotopic (exact) mass is 1330 g/mol. The van der Waals surface area contributed by atoms with Crippen molar-refractivity contribution < 1.29 is 0 Å². The topological polar surface area (TPSA) is 19.7 Å². The number of aryl methyl sites for hydroxylation is 4. The molecular weight excluding hydrogens is 1260 g/mol. The third-order valence-corrected chi connectivity index (χ3v) is 21.3. The van der Waals surface area contributed by atoms with Crippen LogP contribution in [0.3, 0.4) is 0 Å². The Bertz CT molecular complexity index is 6290. The average Bonchev–Trinajstić information content (AvgIpc) is 1.60. The first-order valence-electron chi connectivity index (χ1n) is 36.0. The van der Waals surface area contributed by atoms with Crippen LogP contribution in [0.25, 0.3) is 177 Å². The van der Waals surface area contributed by atoms with E-state index >= 15 is 0 Å². The standard InChI is InChI=1S/2C50H36N2/c1-33-9-7-11-37(29-33)35-17-23-41(24-18-35)51-47-15-5-3-13-43(47)45-31-39(21-27-49(45)51)40-22-28-50-46(32-40)44-14-4-6-16-48(44)52(50)42-25-19-36(20-26-42)38-12-8-10-34(2)30-38;1-33-11-15-35(16-12-33)37-19-25-41(26-20-37)51-47-9-5-3-7-43(47)45-31-39(23-29-49(45)51)40-24-30-50-46(32-40)44-8-4-6-10-48(44)52(50)42-27-21-38(22-28-42)36-17-13-34(2)14-18-36/h2*3-32H,1-2H3. The van der Waals surface area contributed by atoms with E-state index in [2.05, 4.69) is 410 Å². The van der Waals surface area contributed by atoms with Gasteiger partial charge < -0.3 is 18.3 Å². The lowest BCUT2D eigenvalue weighted by atomic mass is 10.0. The molecule has 0 fully saturated rings. The molecular formula is C100H72N4. The summed E-state index contributed by atoms with van der Waals surface area (Å²) in [4.78, 5) is 0. The van der Waals surface area contributed by atoms with Gasteiger partial charge in [-0.15, -0.1) is 0 Å². The maximum absolute atomic E-state index is 2.40. The molecule has 20 rings (SSSR count). The zero-order valence-electron chi connectivity index (χ0n) is 58.4. The van der Waals surface area contributed by atoms with Crippen molar-refractivity contribution in [1.82, 2.24) is 18.3 Å². The normalized spacial score (nSPS) is 11.7. The minimum atomic E-state index is 1.16. The van der Waals surface area contributed by atoms with Crippen LogP contribution in [0.1, 0.15) is 22.3 Å². The van der Waals surface area contributed by atoms with Gasteiger partial charge in [0.2, 0.25) is 0 Å². The second-order valence-corrected chi connectivity index (χ2v) is 28.0. The summed E-state index contributed by atoms with van der Waals surface area (Å²) in [6.45, 7) is 8.55. The minimum absolute atomic E-state index is 1.16. The second-order valence-electron chi connectivity index (χ2n) is 28.0. The summed E-state index contributed by atoms with van der Waals surface area (Å²) in [6, 6.07) is 134. The molecule has 0 N–H and O–H groups in total. The van der Waals surface area contributed by atoms with E-state index in [1.165, 1.54) is 176 Å². The van der Waals surface area contributed by atoms with E-state index in [4.69, 9.17) is 0 Å². The van der Waals surface area contributed by atoms with Crippen LogP contribution in [0.5, 0.6) is 0 Å². The van der Waals surface area contributed by atoms with Gasteiger partial charge in [0.15, 0.2) is 0 Å². The summed E-state index contributed by atoms with van der Waals surface area (Å²) in [5.74, 6) is 0. The first kappa shape index (κ1) is 61.8. The van der Waals surface area contributed by atoms with Crippen molar-refractivity contribution in [2.75, 3.05) is 0 Å². The van der Waals surface area contributed by atoms with Crippen LogP contribution in [-0.4, -0.2) is 18.3 Å². The van der Waals surface area contributed by atoms with Crippen LogP contribution in [0, 0.1) is 27.7 Å². The first-order valence-corrected chi connectivity index (χ1v) is 36.0. The number of aromatic nitrogens is 4. The highest BCUT2D eigenvalue weighted by Gasteiger charge is 2.20. The Labute approximate surface area is 605 Å². The molecule has 0 amide bonds. The van der Waals surface area contributed by atoms with E-state index in [0.717, 1.165) is 22.7 Å². The summed E-state index contributed by atoms with van der Waals surface area (Å²) >= 11 is 0. The Balaban J connectivity index is 0.000000143. The van der Waals surface area contributed by atoms with Gasteiger partial charge in [0, 0.05) is 65.8 Å². The quantitative estimate of drug-likeness (QED) is 0.130. The zero-order valence-corrected chi connectivity index (χ0v) is 58.4. The molecule has 0 unspecified atom stereocenters. The number of hydrogen-bond acceptors (Lipinski definition) is 0. The van der Waals surface area contributed by atoms with Crippen LogP contribution < -0.4 is 0 Å². The first-order chi connectivity index (χ1) is 51.2. The van der Waals surface area contributed by atoms with Crippen molar-refractivity contribution in [3.63, 3.8) is 0 Å². The van der Waals surface area contributed by atoms with Crippen LogP contribution in [-0.2, 0) is 0 Å². The summed E-state index contributed by atoms with van der Waals surface area (Å²) in [7, 11) is 0. The molecule has 0 spiro atoms. The van der Waals surface area contributed by atoms with Crippen molar-refractivity contribution in [2.24, 2.45) is 0 Å². The van der Waals surface area contributed by atoms with E-state index in [-0.39, 0.29) is 0 Å².